The van der Waals surface area contributed by atoms with E-state index in [2.05, 4.69) is 60.1 Å². The number of fused-ring (bicyclic) bond motifs is 2. The Morgan fingerprint density at radius 1 is 1.06 bits per heavy atom. The predicted octanol–water partition coefficient (Wildman–Crippen LogP) is 5.40. The summed E-state index contributed by atoms with van der Waals surface area (Å²) in [6.07, 6.45) is 5.28. The Bertz CT molecular complexity index is 1700. The van der Waals surface area contributed by atoms with Crippen molar-refractivity contribution in [2.24, 2.45) is 0 Å². The summed E-state index contributed by atoms with van der Waals surface area (Å²) in [5.74, 6) is -0.0825. The topological polar surface area (TPSA) is 103 Å². The molecule has 178 valence electrons. The van der Waals surface area contributed by atoms with Crippen LogP contribution < -0.4 is 5.32 Å². The molecule has 6 aromatic rings. The normalized spacial score (nSPS) is 11.5. The van der Waals surface area contributed by atoms with Gasteiger partial charge >= 0.3 is 0 Å². The number of hydrogen-bond acceptors (Lipinski definition) is 6. The third kappa shape index (κ3) is 4.15. The quantitative estimate of drug-likeness (QED) is 0.288. The van der Waals surface area contributed by atoms with Crippen LogP contribution in [0.3, 0.4) is 0 Å². The smallest absolute Gasteiger partial charge is 0.238 e. The Hall–Kier alpha value is -4.34. The van der Waals surface area contributed by atoms with E-state index < -0.39 is 0 Å². The Balaban J connectivity index is 1.38. The second-order valence-electron chi connectivity index (χ2n) is 8.86. The van der Waals surface area contributed by atoms with Crippen LogP contribution in [0.4, 0.5) is 5.69 Å². The van der Waals surface area contributed by atoms with Gasteiger partial charge in [-0.2, -0.15) is 5.10 Å². The molecule has 0 spiro atoms. The van der Waals surface area contributed by atoms with Gasteiger partial charge in [0.2, 0.25) is 5.91 Å². The van der Waals surface area contributed by atoms with Crippen LogP contribution in [0.2, 0.25) is 0 Å². The van der Waals surface area contributed by atoms with Gasteiger partial charge in [0.1, 0.15) is 11.3 Å². The van der Waals surface area contributed by atoms with Gasteiger partial charge in [-0.25, -0.2) is 4.98 Å². The van der Waals surface area contributed by atoms with Gasteiger partial charge in [-0.1, -0.05) is 12.1 Å². The van der Waals surface area contributed by atoms with Crippen molar-refractivity contribution >= 4 is 44.9 Å². The van der Waals surface area contributed by atoms with Gasteiger partial charge in [0, 0.05) is 39.2 Å². The Labute approximate surface area is 211 Å². The highest BCUT2D eigenvalue weighted by atomic mass is 32.1. The third-order valence-corrected chi connectivity index (χ3v) is 6.85. The van der Waals surface area contributed by atoms with Crippen molar-refractivity contribution in [3.8, 4) is 33.0 Å². The number of aromatic nitrogens is 5. The molecule has 0 saturated heterocycles. The lowest BCUT2D eigenvalue weighted by atomic mass is 10.0. The molecule has 0 fully saturated rings. The summed E-state index contributed by atoms with van der Waals surface area (Å²) in [5, 5.41) is 14.8. The van der Waals surface area contributed by atoms with Crippen molar-refractivity contribution in [1.82, 2.24) is 30.0 Å². The summed E-state index contributed by atoms with van der Waals surface area (Å²) in [4.78, 5) is 27.5. The highest BCUT2D eigenvalue weighted by Crippen LogP contribution is 2.36. The second kappa shape index (κ2) is 9.03. The third-order valence-electron chi connectivity index (χ3n) is 5.95. The average molecular weight is 494 g/mol. The minimum Gasteiger partial charge on any atom is -0.338 e. The van der Waals surface area contributed by atoms with Crippen molar-refractivity contribution in [2.45, 2.75) is 0 Å². The van der Waals surface area contributed by atoms with Gasteiger partial charge < -0.3 is 15.2 Å². The van der Waals surface area contributed by atoms with Crippen molar-refractivity contribution in [1.29, 1.82) is 0 Å². The van der Waals surface area contributed by atoms with Crippen LogP contribution in [0.1, 0.15) is 0 Å². The van der Waals surface area contributed by atoms with E-state index in [1.165, 1.54) is 4.88 Å². The van der Waals surface area contributed by atoms with Crippen molar-refractivity contribution in [3.63, 3.8) is 0 Å². The van der Waals surface area contributed by atoms with Crippen molar-refractivity contribution < 1.29 is 4.79 Å². The fraction of sp³-hybridized carbons (Fsp3) is 0.111. The first-order chi connectivity index (χ1) is 17.5. The minimum absolute atomic E-state index is 0.0825. The summed E-state index contributed by atoms with van der Waals surface area (Å²) in [6, 6.07) is 16.4. The number of nitrogens with one attached hydrogen (secondary N) is 3. The number of nitrogens with zero attached hydrogens (tertiary/aromatic N) is 4. The number of hydrogen-bond donors (Lipinski definition) is 3. The molecule has 0 unspecified atom stereocenters. The number of aromatic amines is 2. The molecule has 9 heteroatoms. The first kappa shape index (κ1) is 22.1. The zero-order chi connectivity index (χ0) is 24.6. The highest BCUT2D eigenvalue weighted by Gasteiger charge is 2.15. The molecule has 1 amide bonds. The monoisotopic (exact) mass is 493 g/mol. The van der Waals surface area contributed by atoms with E-state index in [9.17, 15) is 4.79 Å². The molecule has 0 aliphatic heterocycles. The zero-order valence-electron chi connectivity index (χ0n) is 19.7. The SMILES string of the molecule is CN(C)CC(=O)Nc1cncc(-c2ccc3[nH]nc(-c4cc5c(-c6cccs6)ccnc5[nH]4)c3c2)c1. The Kier molecular flexibility index (Phi) is 5.55. The molecule has 6 rings (SSSR count). The van der Waals surface area contributed by atoms with E-state index in [-0.39, 0.29) is 5.91 Å². The molecule has 5 heterocycles. The summed E-state index contributed by atoms with van der Waals surface area (Å²) in [5.41, 5.74) is 7.18. The molecule has 0 radical (unpaired) electrons. The number of H-pyrrole nitrogens is 2. The first-order valence-corrected chi connectivity index (χ1v) is 12.3. The number of amides is 1. The van der Waals surface area contributed by atoms with E-state index in [0.29, 0.717) is 12.2 Å². The van der Waals surface area contributed by atoms with Gasteiger partial charge in [0.05, 0.1) is 29.6 Å². The van der Waals surface area contributed by atoms with E-state index in [0.717, 1.165) is 50.0 Å². The number of pyridine rings is 2. The Morgan fingerprint density at radius 3 is 2.81 bits per heavy atom. The van der Waals surface area contributed by atoms with Gasteiger partial charge in [-0.15, -0.1) is 11.3 Å². The van der Waals surface area contributed by atoms with Crippen molar-refractivity contribution in [3.05, 3.63) is 72.5 Å². The molecule has 36 heavy (non-hydrogen) atoms. The minimum atomic E-state index is -0.0825. The van der Waals surface area contributed by atoms with Crippen LogP contribution in [-0.4, -0.2) is 56.6 Å². The molecular formula is C27H23N7OS. The van der Waals surface area contributed by atoms with Gasteiger partial charge in [0.15, 0.2) is 0 Å². The lowest BCUT2D eigenvalue weighted by Crippen LogP contribution is -2.27. The zero-order valence-corrected chi connectivity index (χ0v) is 20.6. The van der Waals surface area contributed by atoms with Crippen LogP contribution in [0, 0.1) is 0 Å². The molecule has 0 bridgehead atoms. The number of anilines is 1. The molecule has 0 atom stereocenters. The molecule has 5 aromatic heterocycles. The van der Waals surface area contributed by atoms with Gasteiger partial charge in [-0.05, 0) is 61.4 Å². The second-order valence-corrected chi connectivity index (χ2v) is 9.81. The van der Waals surface area contributed by atoms with E-state index in [1.807, 2.05) is 49.5 Å². The van der Waals surface area contributed by atoms with Crippen molar-refractivity contribution in [2.75, 3.05) is 26.0 Å². The Morgan fingerprint density at radius 2 is 1.97 bits per heavy atom. The molecular weight excluding hydrogens is 470 g/mol. The van der Waals surface area contributed by atoms with Crippen LogP contribution in [0.25, 0.3) is 54.9 Å². The maximum atomic E-state index is 12.2. The number of thiophene rings is 1. The number of benzene rings is 1. The van der Waals surface area contributed by atoms with Crippen LogP contribution in [-0.2, 0) is 4.79 Å². The van der Waals surface area contributed by atoms with Crippen LogP contribution >= 0.6 is 11.3 Å². The number of rotatable bonds is 6. The van der Waals surface area contributed by atoms with E-state index in [1.54, 1.807) is 23.7 Å². The van der Waals surface area contributed by atoms with E-state index in [4.69, 9.17) is 0 Å². The fourth-order valence-electron chi connectivity index (χ4n) is 4.35. The molecule has 1 aromatic carbocycles. The molecule has 0 aliphatic rings. The fourth-order valence-corrected chi connectivity index (χ4v) is 5.12. The number of carbonyl (C=O) groups excluding carboxylic acids is 1. The summed E-state index contributed by atoms with van der Waals surface area (Å²) >= 11 is 1.71. The highest BCUT2D eigenvalue weighted by molar-refractivity contribution is 7.13. The maximum absolute atomic E-state index is 12.2. The summed E-state index contributed by atoms with van der Waals surface area (Å²) < 4.78 is 0. The summed E-state index contributed by atoms with van der Waals surface area (Å²) in [6.45, 7) is 0.308. The van der Waals surface area contributed by atoms with Crippen LogP contribution in [0.5, 0.6) is 0 Å². The van der Waals surface area contributed by atoms with Gasteiger partial charge in [-0.3, -0.25) is 14.9 Å². The largest absolute Gasteiger partial charge is 0.338 e. The maximum Gasteiger partial charge on any atom is 0.238 e. The van der Waals surface area contributed by atoms with E-state index >= 15 is 0 Å². The molecule has 0 saturated carbocycles. The first-order valence-electron chi connectivity index (χ1n) is 11.5. The number of carbonyl (C=O) groups is 1. The number of likely N-dealkylation sites (N-methyl/N-ethyl adjacent to an activating group) is 1. The lowest BCUT2D eigenvalue weighted by molar-refractivity contribution is -0.116. The lowest BCUT2D eigenvalue weighted by Gasteiger charge is -2.11. The molecule has 8 nitrogen and oxygen atoms in total. The molecule has 3 N–H and O–H groups in total. The standard InChI is InChI=1S/C27H23N7OS/c1-34(2)15-25(35)30-18-10-17(13-28-14-18)16-5-6-22-21(11-16)26(33-32-22)23-12-20-19(24-4-3-9-36-24)7-8-29-27(20)31-23/h3-14H,15H2,1-2H3,(H,29,31)(H,30,35)(H,32,33). The van der Waals surface area contributed by atoms with Crippen LogP contribution in [0.15, 0.2) is 72.5 Å². The van der Waals surface area contributed by atoms with Gasteiger partial charge in [0.25, 0.3) is 0 Å². The predicted molar refractivity (Wildman–Crippen MR) is 145 cm³/mol. The average Bonchev–Trinajstić information content (AvgIpc) is 3.62. The molecule has 0 aliphatic carbocycles. The summed E-state index contributed by atoms with van der Waals surface area (Å²) in [7, 11) is 3.72.